The first-order valence-electron chi connectivity index (χ1n) is 14.6. The first-order chi connectivity index (χ1) is 24.5. The van der Waals surface area contributed by atoms with Gasteiger partial charge in [-0.15, -0.1) is 0 Å². The molecule has 0 saturated carbocycles. The lowest BCUT2D eigenvalue weighted by molar-refractivity contribution is -0.157. The van der Waals surface area contributed by atoms with Gasteiger partial charge in [-0.05, 0) is 48.5 Å². The molecular formula is C33H26O19. The molecule has 4 aromatic carbocycles. The first-order valence-corrected chi connectivity index (χ1v) is 14.6. The van der Waals surface area contributed by atoms with Crippen molar-refractivity contribution in [2.75, 3.05) is 6.61 Å². The molecule has 0 bridgehead atoms. The van der Waals surface area contributed by atoms with Crippen molar-refractivity contribution in [2.45, 2.75) is 25.2 Å². The van der Waals surface area contributed by atoms with Crippen molar-refractivity contribution in [3.63, 3.8) is 0 Å². The van der Waals surface area contributed by atoms with E-state index in [4.69, 9.17) is 23.7 Å². The van der Waals surface area contributed by atoms with Gasteiger partial charge in [-0.2, -0.15) is 0 Å². The molecule has 0 unspecified atom stereocenters. The summed E-state index contributed by atoms with van der Waals surface area (Å²) in [4.78, 5) is 51.0. The Morgan fingerprint density at radius 3 is 1.23 bits per heavy atom. The van der Waals surface area contributed by atoms with Gasteiger partial charge in [0, 0.05) is 12.8 Å². The zero-order valence-electron chi connectivity index (χ0n) is 26.0. The van der Waals surface area contributed by atoms with E-state index in [2.05, 4.69) is 0 Å². The predicted molar refractivity (Wildman–Crippen MR) is 166 cm³/mol. The molecule has 0 aliphatic carbocycles. The molecule has 2 atom stereocenters. The number of ether oxygens (including phenoxy) is 5. The van der Waals surface area contributed by atoms with Gasteiger partial charge in [0.1, 0.15) is 6.10 Å². The minimum Gasteiger partial charge on any atom is -0.504 e. The van der Waals surface area contributed by atoms with Crippen molar-refractivity contribution in [3.05, 3.63) is 70.8 Å². The van der Waals surface area contributed by atoms with Gasteiger partial charge in [-0.1, -0.05) is 0 Å². The van der Waals surface area contributed by atoms with Gasteiger partial charge in [-0.25, -0.2) is 19.2 Å². The second-order valence-corrected chi connectivity index (χ2v) is 10.9. The highest BCUT2D eigenvalue weighted by molar-refractivity contribution is 5.96. The largest absolute Gasteiger partial charge is 0.504 e. The van der Waals surface area contributed by atoms with Crippen LogP contribution in [0.15, 0.2) is 48.5 Å². The lowest BCUT2D eigenvalue weighted by Gasteiger charge is -2.29. The van der Waals surface area contributed by atoms with Gasteiger partial charge < -0.3 is 74.7 Å². The topological polar surface area (TPSA) is 317 Å². The SMILES string of the molecule is O=C(Oc1cc(C(=O)O[C@H]2CCO[C@@H](OC(=O)c3cc(O)c(O)c(OC(=O)c4cc(O)c(O)c(O)c4)c3)C2)cc(O)c1O)c1cc(O)c(O)c(O)c1. The number of benzene rings is 4. The van der Waals surface area contributed by atoms with Crippen LogP contribution in [0.2, 0.25) is 0 Å². The average molecular weight is 727 g/mol. The molecule has 1 aliphatic rings. The van der Waals surface area contributed by atoms with Gasteiger partial charge in [-0.3, -0.25) is 0 Å². The molecule has 0 amide bonds. The summed E-state index contributed by atoms with van der Waals surface area (Å²) >= 11 is 0. The fraction of sp³-hybridized carbons (Fsp3) is 0.152. The number of hydrogen-bond acceptors (Lipinski definition) is 19. The van der Waals surface area contributed by atoms with Crippen LogP contribution in [0.5, 0.6) is 69.0 Å². The molecule has 0 radical (unpaired) electrons. The van der Waals surface area contributed by atoms with E-state index in [-0.39, 0.29) is 19.4 Å². The number of carbonyl (C=O) groups excluding carboxylic acids is 4. The van der Waals surface area contributed by atoms with E-state index in [1.54, 1.807) is 0 Å². The molecule has 272 valence electrons. The summed E-state index contributed by atoms with van der Waals surface area (Å²) in [7, 11) is 0. The lowest BCUT2D eigenvalue weighted by atomic mass is 10.1. The number of rotatable bonds is 8. The third kappa shape index (κ3) is 7.63. The van der Waals surface area contributed by atoms with Gasteiger partial charge in [0.15, 0.2) is 57.5 Å². The Morgan fingerprint density at radius 2 is 0.827 bits per heavy atom. The van der Waals surface area contributed by atoms with Crippen molar-refractivity contribution >= 4 is 23.9 Å². The Morgan fingerprint density at radius 1 is 0.481 bits per heavy atom. The van der Waals surface area contributed by atoms with E-state index in [1.165, 1.54) is 0 Å². The van der Waals surface area contributed by atoms with E-state index in [9.17, 15) is 70.2 Å². The van der Waals surface area contributed by atoms with Crippen LogP contribution in [0.4, 0.5) is 0 Å². The monoisotopic (exact) mass is 726 g/mol. The number of esters is 4. The van der Waals surface area contributed by atoms with E-state index in [0.29, 0.717) is 0 Å². The quantitative estimate of drug-likeness (QED) is 0.0708. The highest BCUT2D eigenvalue weighted by Gasteiger charge is 2.31. The average Bonchev–Trinajstić information content (AvgIpc) is 3.09. The standard InChI is InChI=1S/C33H26O19/c34-17-3-12(4-18(35)26(17)40)31(45)50-23-9-14(7-21(38)28(23)42)30(44)49-16-1-2-48-25(11-16)52-33(47)15-8-22(39)29(43)24(10-15)51-32(46)13-5-19(36)27(41)20(37)6-13/h3-10,16,25,34-43H,1-2,11H2/t16-,25-/m0/s1. The molecule has 1 aliphatic heterocycles. The number of phenolic OH excluding ortho intramolecular Hbond substituents is 10. The Hall–Kier alpha value is -7.28. The summed E-state index contributed by atoms with van der Waals surface area (Å²) < 4.78 is 26.1. The Kier molecular flexibility index (Phi) is 9.90. The van der Waals surface area contributed by atoms with E-state index in [1.807, 2.05) is 0 Å². The molecule has 19 nitrogen and oxygen atoms in total. The van der Waals surface area contributed by atoms with Crippen molar-refractivity contribution < 1.29 is 93.9 Å². The summed E-state index contributed by atoms with van der Waals surface area (Å²) in [6.45, 7) is -0.0953. The summed E-state index contributed by atoms with van der Waals surface area (Å²) in [6.07, 6.45) is -2.45. The van der Waals surface area contributed by atoms with Crippen LogP contribution in [0, 0.1) is 0 Å². The molecule has 0 aromatic heterocycles. The smallest absolute Gasteiger partial charge is 0.343 e. The highest BCUT2D eigenvalue weighted by atomic mass is 16.7. The van der Waals surface area contributed by atoms with Gasteiger partial charge in [0.05, 0.1) is 28.9 Å². The number of aromatic hydroxyl groups is 10. The molecule has 52 heavy (non-hydrogen) atoms. The maximum Gasteiger partial charge on any atom is 0.343 e. The van der Waals surface area contributed by atoms with Crippen LogP contribution in [0.1, 0.15) is 54.3 Å². The number of phenols is 10. The normalized spacial score (nSPS) is 15.3. The van der Waals surface area contributed by atoms with Crippen LogP contribution in [0.25, 0.3) is 0 Å². The van der Waals surface area contributed by atoms with E-state index < -0.39 is 128 Å². The summed E-state index contributed by atoms with van der Waals surface area (Å²) in [5.41, 5.74) is -1.81. The minimum atomic E-state index is -1.34. The van der Waals surface area contributed by atoms with Crippen molar-refractivity contribution in [1.29, 1.82) is 0 Å². The minimum absolute atomic E-state index is 0.0953. The molecule has 4 aromatic rings. The van der Waals surface area contributed by atoms with Crippen molar-refractivity contribution in [2.24, 2.45) is 0 Å². The van der Waals surface area contributed by atoms with E-state index >= 15 is 0 Å². The predicted octanol–water partition coefficient (Wildman–Crippen LogP) is 2.70. The van der Waals surface area contributed by atoms with Crippen molar-refractivity contribution in [3.8, 4) is 69.0 Å². The summed E-state index contributed by atoms with van der Waals surface area (Å²) in [5, 5.41) is 98.2. The molecule has 19 heteroatoms. The first kappa shape index (κ1) is 36.0. The van der Waals surface area contributed by atoms with Crippen molar-refractivity contribution in [1.82, 2.24) is 0 Å². The second-order valence-electron chi connectivity index (χ2n) is 10.9. The number of hydrogen-bond donors (Lipinski definition) is 10. The Balaban J connectivity index is 1.24. The Labute approximate surface area is 289 Å². The summed E-state index contributed by atoms with van der Waals surface area (Å²) in [6, 6.07) is 6.24. The maximum absolute atomic E-state index is 13.0. The third-order valence-corrected chi connectivity index (χ3v) is 7.31. The lowest BCUT2D eigenvalue weighted by Crippen LogP contribution is -2.35. The van der Waals surface area contributed by atoms with Crippen LogP contribution in [0.3, 0.4) is 0 Å². The molecule has 5 rings (SSSR count). The maximum atomic E-state index is 13.0. The molecular weight excluding hydrogens is 700 g/mol. The molecule has 10 N–H and O–H groups in total. The molecule has 1 saturated heterocycles. The fourth-order valence-electron chi connectivity index (χ4n) is 4.67. The van der Waals surface area contributed by atoms with Gasteiger partial charge >= 0.3 is 23.9 Å². The molecule has 1 fully saturated rings. The van der Waals surface area contributed by atoms with Gasteiger partial charge in [0.25, 0.3) is 0 Å². The molecule has 1 heterocycles. The highest BCUT2D eigenvalue weighted by Crippen LogP contribution is 2.41. The second kappa shape index (κ2) is 14.3. The van der Waals surface area contributed by atoms with Crippen LogP contribution < -0.4 is 9.47 Å². The zero-order valence-corrected chi connectivity index (χ0v) is 26.0. The zero-order chi connectivity index (χ0) is 38.0. The van der Waals surface area contributed by atoms with Crippen LogP contribution >= 0.6 is 0 Å². The van der Waals surface area contributed by atoms with E-state index in [0.717, 1.165) is 48.5 Å². The Bertz CT molecular complexity index is 1910. The van der Waals surface area contributed by atoms with Gasteiger partial charge in [0.2, 0.25) is 17.8 Å². The third-order valence-electron chi connectivity index (χ3n) is 7.31. The summed E-state index contributed by atoms with van der Waals surface area (Å²) in [5.74, 6) is -15.2. The fourth-order valence-corrected chi connectivity index (χ4v) is 4.67. The number of carbonyl (C=O) groups is 4. The van der Waals surface area contributed by atoms with Crippen LogP contribution in [-0.4, -0.2) is 93.9 Å². The molecule has 0 spiro atoms. The van der Waals surface area contributed by atoms with Crippen LogP contribution in [-0.2, 0) is 14.2 Å².